The number of nitrogen functional groups attached to an aromatic ring is 1. The fourth-order valence-corrected chi connectivity index (χ4v) is 2.36. The summed E-state index contributed by atoms with van der Waals surface area (Å²) in [7, 11) is 0. The van der Waals surface area contributed by atoms with Gasteiger partial charge in [0.2, 0.25) is 0 Å². The van der Waals surface area contributed by atoms with Crippen molar-refractivity contribution >= 4 is 17.3 Å². The van der Waals surface area contributed by atoms with Gasteiger partial charge in [0, 0.05) is 17.9 Å². The Morgan fingerprint density at radius 3 is 2.84 bits per heavy atom. The molecule has 0 spiro atoms. The lowest BCUT2D eigenvalue weighted by molar-refractivity contribution is -0.153. The van der Waals surface area contributed by atoms with Crippen molar-refractivity contribution in [2.75, 3.05) is 23.7 Å². The number of nitrogens with zero attached hydrogens (tertiary/aromatic N) is 1. The molecule has 0 amide bonds. The minimum Gasteiger partial charge on any atom is -0.459 e. The normalized spacial score (nSPS) is 15.0. The molecule has 0 fully saturated rings. The molecule has 1 aromatic rings. The zero-order valence-electron chi connectivity index (χ0n) is 11.9. The predicted molar refractivity (Wildman–Crippen MR) is 77.2 cm³/mol. The monoisotopic (exact) mass is 262 g/mol. The van der Waals surface area contributed by atoms with Crippen LogP contribution in [0.2, 0.25) is 0 Å². The van der Waals surface area contributed by atoms with E-state index >= 15 is 0 Å². The van der Waals surface area contributed by atoms with E-state index in [1.807, 2.05) is 39.0 Å². The van der Waals surface area contributed by atoms with Gasteiger partial charge in [0.15, 0.2) is 0 Å². The number of anilines is 2. The van der Waals surface area contributed by atoms with Crippen molar-refractivity contribution in [2.45, 2.75) is 39.2 Å². The highest BCUT2D eigenvalue weighted by Gasteiger charge is 2.22. The average Bonchev–Trinajstić information content (AvgIpc) is 2.27. The van der Waals surface area contributed by atoms with Crippen LogP contribution in [0.3, 0.4) is 0 Å². The molecular weight excluding hydrogens is 240 g/mol. The zero-order chi connectivity index (χ0) is 14.0. The van der Waals surface area contributed by atoms with E-state index in [1.54, 1.807) is 0 Å². The average molecular weight is 262 g/mol. The summed E-state index contributed by atoms with van der Waals surface area (Å²) in [6, 6.07) is 5.90. The van der Waals surface area contributed by atoms with Crippen LogP contribution in [0.4, 0.5) is 11.4 Å². The maximum atomic E-state index is 11.9. The van der Waals surface area contributed by atoms with Crippen molar-refractivity contribution in [1.29, 1.82) is 0 Å². The van der Waals surface area contributed by atoms with E-state index in [2.05, 4.69) is 4.90 Å². The standard InChI is InChI=1S/C15H22N2O2/c1-15(2,3)19-14(18)10-17-8-4-5-11-6-7-12(16)9-13(11)17/h6-7,9H,4-5,8,10,16H2,1-3H3. The lowest BCUT2D eigenvalue weighted by atomic mass is 10.0. The van der Waals surface area contributed by atoms with Crippen LogP contribution in [0.1, 0.15) is 32.8 Å². The van der Waals surface area contributed by atoms with Gasteiger partial charge in [0.1, 0.15) is 12.1 Å². The molecule has 0 aromatic heterocycles. The first-order valence-electron chi connectivity index (χ1n) is 6.70. The number of esters is 1. The molecule has 19 heavy (non-hydrogen) atoms. The lowest BCUT2D eigenvalue weighted by Crippen LogP contribution is -2.37. The Kier molecular flexibility index (Phi) is 3.69. The molecule has 0 unspecified atom stereocenters. The Balaban J connectivity index is 2.11. The second-order valence-corrected chi connectivity index (χ2v) is 6.00. The van der Waals surface area contributed by atoms with Crippen LogP contribution in [0.25, 0.3) is 0 Å². The Hall–Kier alpha value is -1.71. The third-order valence-corrected chi connectivity index (χ3v) is 3.06. The summed E-state index contributed by atoms with van der Waals surface area (Å²) < 4.78 is 5.37. The third kappa shape index (κ3) is 3.63. The van der Waals surface area contributed by atoms with E-state index in [-0.39, 0.29) is 12.5 Å². The highest BCUT2D eigenvalue weighted by Crippen LogP contribution is 2.29. The smallest absolute Gasteiger partial charge is 0.326 e. The van der Waals surface area contributed by atoms with Gasteiger partial charge >= 0.3 is 5.97 Å². The summed E-state index contributed by atoms with van der Waals surface area (Å²) >= 11 is 0. The number of benzene rings is 1. The summed E-state index contributed by atoms with van der Waals surface area (Å²) in [5.74, 6) is -0.192. The van der Waals surface area contributed by atoms with Gasteiger partial charge in [-0.3, -0.25) is 4.79 Å². The van der Waals surface area contributed by atoms with Gasteiger partial charge in [-0.1, -0.05) is 6.07 Å². The van der Waals surface area contributed by atoms with Crippen LogP contribution in [-0.2, 0) is 16.0 Å². The quantitative estimate of drug-likeness (QED) is 0.656. The van der Waals surface area contributed by atoms with Crippen molar-refractivity contribution in [3.05, 3.63) is 23.8 Å². The number of ether oxygens (including phenoxy) is 1. The second-order valence-electron chi connectivity index (χ2n) is 6.00. The van der Waals surface area contributed by atoms with Crippen LogP contribution in [-0.4, -0.2) is 24.7 Å². The topological polar surface area (TPSA) is 55.6 Å². The number of hydrogen-bond acceptors (Lipinski definition) is 4. The third-order valence-electron chi connectivity index (χ3n) is 3.06. The molecule has 0 atom stereocenters. The number of carbonyl (C=O) groups is 1. The molecule has 0 saturated heterocycles. The van der Waals surface area contributed by atoms with Crippen LogP contribution >= 0.6 is 0 Å². The molecule has 2 rings (SSSR count). The van der Waals surface area contributed by atoms with Crippen molar-refractivity contribution in [1.82, 2.24) is 0 Å². The minimum absolute atomic E-state index is 0.192. The predicted octanol–water partition coefficient (Wildman–Crippen LogP) is 2.36. The molecule has 0 bridgehead atoms. The molecule has 4 heteroatoms. The highest BCUT2D eigenvalue weighted by molar-refractivity contribution is 5.77. The fourth-order valence-electron chi connectivity index (χ4n) is 2.36. The first-order chi connectivity index (χ1) is 8.85. The maximum Gasteiger partial charge on any atom is 0.326 e. The van der Waals surface area contributed by atoms with Gasteiger partial charge in [-0.15, -0.1) is 0 Å². The first kappa shape index (κ1) is 13.7. The van der Waals surface area contributed by atoms with Crippen molar-refractivity contribution in [3.63, 3.8) is 0 Å². The van der Waals surface area contributed by atoms with E-state index in [0.29, 0.717) is 0 Å². The molecule has 0 saturated carbocycles. The van der Waals surface area contributed by atoms with E-state index in [9.17, 15) is 4.79 Å². The molecule has 0 aliphatic carbocycles. The van der Waals surface area contributed by atoms with Gasteiger partial charge < -0.3 is 15.4 Å². The molecular formula is C15H22N2O2. The van der Waals surface area contributed by atoms with Gasteiger partial charge in [0.25, 0.3) is 0 Å². The Morgan fingerprint density at radius 1 is 1.42 bits per heavy atom. The summed E-state index contributed by atoms with van der Waals surface area (Å²) in [4.78, 5) is 14.0. The fraction of sp³-hybridized carbons (Fsp3) is 0.533. The van der Waals surface area contributed by atoms with Crippen molar-refractivity contribution < 1.29 is 9.53 Å². The molecule has 4 nitrogen and oxygen atoms in total. The Bertz CT molecular complexity index is 478. The Labute approximate surface area is 114 Å². The van der Waals surface area contributed by atoms with Crippen LogP contribution in [0, 0.1) is 0 Å². The van der Waals surface area contributed by atoms with Crippen molar-refractivity contribution in [2.24, 2.45) is 0 Å². The van der Waals surface area contributed by atoms with E-state index in [0.717, 1.165) is 30.8 Å². The minimum atomic E-state index is -0.439. The molecule has 0 radical (unpaired) electrons. The van der Waals surface area contributed by atoms with Gasteiger partial charge in [0.05, 0.1) is 0 Å². The number of aryl methyl sites for hydroxylation is 1. The number of rotatable bonds is 2. The number of nitrogens with two attached hydrogens (primary N) is 1. The van der Waals surface area contributed by atoms with E-state index < -0.39 is 5.60 Å². The number of carbonyl (C=O) groups excluding carboxylic acids is 1. The van der Waals surface area contributed by atoms with Crippen LogP contribution in [0.5, 0.6) is 0 Å². The molecule has 2 N–H and O–H groups in total. The summed E-state index contributed by atoms with van der Waals surface area (Å²) in [6.07, 6.45) is 2.10. The summed E-state index contributed by atoms with van der Waals surface area (Å²) in [5, 5.41) is 0. The van der Waals surface area contributed by atoms with Gasteiger partial charge in [-0.25, -0.2) is 0 Å². The van der Waals surface area contributed by atoms with E-state index in [1.165, 1.54) is 5.56 Å². The van der Waals surface area contributed by atoms with Crippen molar-refractivity contribution in [3.8, 4) is 0 Å². The molecule has 1 aliphatic heterocycles. The van der Waals surface area contributed by atoms with Gasteiger partial charge in [-0.2, -0.15) is 0 Å². The lowest BCUT2D eigenvalue weighted by Gasteiger charge is -2.31. The van der Waals surface area contributed by atoms with Gasteiger partial charge in [-0.05, 0) is 51.3 Å². The number of hydrogen-bond donors (Lipinski definition) is 1. The summed E-state index contributed by atoms with van der Waals surface area (Å²) in [6.45, 7) is 6.80. The SMILES string of the molecule is CC(C)(C)OC(=O)CN1CCCc2ccc(N)cc21. The largest absolute Gasteiger partial charge is 0.459 e. The molecule has 104 valence electrons. The highest BCUT2D eigenvalue weighted by atomic mass is 16.6. The molecule has 1 heterocycles. The van der Waals surface area contributed by atoms with Crippen LogP contribution < -0.4 is 10.6 Å². The maximum absolute atomic E-state index is 11.9. The summed E-state index contributed by atoms with van der Waals surface area (Å²) in [5.41, 5.74) is 8.45. The van der Waals surface area contributed by atoms with Crippen LogP contribution in [0.15, 0.2) is 18.2 Å². The zero-order valence-corrected chi connectivity index (χ0v) is 11.9. The van der Waals surface area contributed by atoms with E-state index in [4.69, 9.17) is 10.5 Å². The first-order valence-corrected chi connectivity index (χ1v) is 6.70. The number of fused-ring (bicyclic) bond motifs is 1. The Morgan fingerprint density at radius 2 is 2.16 bits per heavy atom. The molecule has 1 aliphatic rings. The molecule has 1 aromatic carbocycles. The second kappa shape index (κ2) is 5.11.